The second-order valence-corrected chi connectivity index (χ2v) is 9.11. The molecule has 7 nitrogen and oxygen atoms in total. The maximum Gasteiger partial charge on any atom is 0.224 e. The number of benzene rings is 1. The molecule has 0 bridgehead atoms. The summed E-state index contributed by atoms with van der Waals surface area (Å²) in [6.07, 6.45) is 5.76. The first-order chi connectivity index (χ1) is 15.6. The normalized spacial score (nSPS) is 18.6. The monoisotopic (exact) mass is 439 g/mol. The van der Waals surface area contributed by atoms with E-state index in [1.807, 2.05) is 29.8 Å². The van der Waals surface area contributed by atoms with E-state index in [1.54, 1.807) is 13.3 Å². The zero-order valence-electron chi connectivity index (χ0n) is 19.6. The molecule has 0 N–H and O–H groups in total. The number of hydrogen-bond acceptors (Lipinski definition) is 5. The summed E-state index contributed by atoms with van der Waals surface area (Å²) in [4.78, 5) is 19.8. The van der Waals surface area contributed by atoms with Crippen molar-refractivity contribution in [3.63, 3.8) is 0 Å². The molecule has 0 unspecified atom stereocenters. The number of amides is 1. The minimum Gasteiger partial charge on any atom is -0.497 e. The van der Waals surface area contributed by atoms with E-state index in [1.165, 1.54) is 12.1 Å². The van der Waals surface area contributed by atoms with Gasteiger partial charge in [-0.1, -0.05) is 0 Å². The minimum atomic E-state index is 0.267. The van der Waals surface area contributed by atoms with Crippen molar-refractivity contribution in [2.75, 3.05) is 57.8 Å². The van der Waals surface area contributed by atoms with Crippen LogP contribution in [0.15, 0.2) is 36.5 Å². The Hall–Kier alpha value is -2.54. The van der Waals surface area contributed by atoms with Gasteiger partial charge in [0.1, 0.15) is 5.75 Å². The van der Waals surface area contributed by atoms with Crippen molar-refractivity contribution in [3.8, 4) is 5.75 Å². The minimum absolute atomic E-state index is 0.267. The van der Waals surface area contributed by atoms with Gasteiger partial charge in [-0.2, -0.15) is 5.10 Å². The summed E-state index contributed by atoms with van der Waals surface area (Å²) >= 11 is 0. The Morgan fingerprint density at radius 2 is 1.81 bits per heavy atom. The topological polar surface area (TPSA) is 53.8 Å². The number of methoxy groups -OCH3 is 1. The third kappa shape index (κ3) is 5.82. The van der Waals surface area contributed by atoms with E-state index in [4.69, 9.17) is 4.74 Å². The van der Waals surface area contributed by atoms with E-state index in [0.29, 0.717) is 18.9 Å². The average molecular weight is 440 g/mol. The second-order valence-electron chi connectivity index (χ2n) is 9.11. The Morgan fingerprint density at radius 1 is 1.03 bits per heavy atom. The van der Waals surface area contributed by atoms with Gasteiger partial charge in [-0.25, -0.2) is 0 Å². The van der Waals surface area contributed by atoms with Gasteiger partial charge in [-0.05, 0) is 69.0 Å². The van der Waals surface area contributed by atoms with Crippen LogP contribution in [0.2, 0.25) is 0 Å². The maximum absolute atomic E-state index is 12.6. The van der Waals surface area contributed by atoms with Crippen molar-refractivity contribution in [2.24, 2.45) is 5.92 Å². The highest BCUT2D eigenvalue weighted by molar-refractivity contribution is 5.76. The molecule has 174 valence electrons. The standard InChI is InChI=1S/C25H37N5O2/c1-21-8-12-26-30(21)17-11-25(31)29-15-9-22(10-16-29)20-27-13-3-14-28(19-18-27)23-4-6-24(32-2)7-5-23/h4-8,12,22H,3,9-11,13-20H2,1-2H3. The van der Waals surface area contributed by atoms with Crippen LogP contribution in [0.25, 0.3) is 0 Å². The first-order valence-corrected chi connectivity index (χ1v) is 12.0. The first kappa shape index (κ1) is 22.6. The van der Waals surface area contributed by atoms with Gasteiger partial charge in [0.2, 0.25) is 5.91 Å². The molecule has 1 aromatic heterocycles. The Labute approximate surface area is 191 Å². The van der Waals surface area contributed by atoms with Crippen LogP contribution in [0.4, 0.5) is 5.69 Å². The number of rotatable bonds is 7. The number of carbonyl (C=O) groups excluding carboxylic acids is 1. The first-order valence-electron chi connectivity index (χ1n) is 12.0. The molecule has 32 heavy (non-hydrogen) atoms. The molecular weight excluding hydrogens is 402 g/mol. The molecule has 2 fully saturated rings. The molecule has 0 saturated carbocycles. The van der Waals surface area contributed by atoms with E-state index in [9.17, 15) is 4.79 Å². The molecule has 0 spiro atoms. The summed E-state index contributed by atoms with van der Waals surface area (Å²) in [5, 5.41) is 4.28. The molecule has 0 aliphatic carbocycles. The molecule has 0 radical (unpaired) electrons. The summed E-state index contributed by atoms with van der Waals surface area (Å²) in [7, 11) is 1.71. The van der Waals surface area contributed by atoms with Crippen LogP contribution in [-0.4, -0.2) is 78.4 Å². The number of nitrogens with zero attached hydrogens (tertiary/aromatic N) is 5. The summed E-state index contributed by atoms with van der Waals surface area (Å²) in [6, 6.07) is 10.4. The Bertz CT molecular complexity index is 857. The third-order valence-corrected chi connectivity index (χ3v) is 6.98. The SMILES string of the molecule is COc1ccc(N2CCCN(CC3CCN(C(=O)CCn4nccc4C)CC3)CC2)cc1. The van der Waals surface area contributed by atoms with Gasteiger partial charge >= 0.3 is 0 Å². The number of ether oxygens (including phenoxy) is 1. The molecule has 1 amide bonds. The van der Waals surface area contributed by atoms with Crippen LogP contribution in [0.1, 0.15) is 31.4 Å². The Balaban J connectivity index is 1.18. The fourth-order valence-corrected chi connectivity index (χ4v) is 4.93. The highest BCUT2D eigenvalue weighted by atomic mass is 16.5. The zero-order chi connectivity index (χ0) is 22.3. The number of aryl methyl sites for hydroxylation is 2. The maximum atomic E-state index is 12.6. The van der Waals surface area contributed by atoms with E-state index < -0.39 is 0 Å². The largest absolute Gasteiger partial charge is 0.497 e. The van der Waals surface area contributed by atoms with Crippen LogP contribution in [0.5, 0.6) is 5.75 Å². The van der Waals surface area contributed by atoms with Crippen LogP contribution < -0.4 is 9.64 Å². The van der Waals surface area contributed by atoms with Crippen molar-refractivity contribution in [1.29, 1.82) is 0 Å². The average Bonchev–Trinajstić information content (AvgIpc) is 3.09. The van der Waals surface area contributed by atoms with Crippen LogP contribution in [0, 0.1) is 12.8 Å². The number of aromatic nitrogens is 2. The molecular formula is C25H37N5O2. The quantitative estimate of drug-likeness (QED) is 0.664. The lowest BCUT2D eigenvalue weighted by atomic mass is 9.96. The van der Waals surface area contributed by atoms with E-state index >= 15 is 0 Å². The van der Waals surface area contributed by atoms with Gasteiger partial charge in [-0.3, -0.25) is 9.48 Å². The van der Waals surface area contributed by atoms with Crippen molar-refractivity contribution in [2.45, 2.75) is 39.2 Å². The second kappa shape index (κ2) is 10.9. The fraction of sp³-hybridized carbons (Fsp3) is 0.600. The van der Waals surface area contributed by atoms with Gasteiger partial charge in [0.15, 0.2) is 0 Å². The molecule has 2 aliphatic rings. The summed E-state index contributed by atoms with van der Waals surface area (Å²) in [6.45, 7) is 10.1. The van der Waals surface area contributed by atoms with Gasteiger partial charge in [-0.15, -0.1) is 0 Å². The summed E-state index contributed by atoms with van der Waals surface area (Å²) < 4.78 is 7.20. The lowest BCUT2D eigenvalue weighted by Gasteiger charge is -2.34. The number of hydrogen-bond donors (Lipinski definition) is 0. The summed E-state index contributed by atoms with van der Waals surface area (Å²) in [5.41, 5.74) is 2.39. The van der Waals surface area contributed by atoms with E-state index in [0.717, 1.165) is 70.1 Å². The van der Waals surface area contributed by atoms with Crippen LogP contribution in [-0.2, 0) is 11.3 Å². The molecule has 2 saturated heterocycles. The highest BCUT2D eigenvalue weighted by Crippen LogP contribution is 2.23. The smallest absolute Gasteiger partial charge is 0.224 e. The van der Waals surface area contributed by atoms with Crippen LogP contribution in [0.3, 0.4) is 0 Å². The van der Waals surface area contributed by atoms with Crippen molar-refractivity contribution >= 4 is 11.6 Å². The molecule has 0 atom stereocenters. The van der Waals surface area contributed by atoms with Crippen LogP contribution >= 0.6 is 0 Å². The van der Waals surface area contributed by atoms with Gasteiger partial charge < -0.3 is 19.4 Å². The molecule has 3 heterocycles. The lowest BCUT2D eigenvalue weighted by Crippen LogP contribution is -2.42. The molecule has 7 heteroatoms. The Kier molecular flexibility index (Phi) is 7.68. The predicted octanol–water partition coefficient (Wildman–Crippen LogP) is 3.04. The fourth-order valence-electron chi connectivity index (χ4n) is 4.93. The van der Waals surface area contributed by atoms with Crippen molar-refractivity contribution in [1.82, 2.24) is 19.6 Å². The third-order valence-electron chi connectivity index (χ3n) is 6.98. The van der Waals surface area contributed by atoms with Gasteiger partial charge in [0, 0.05) is 69.8 Å². The van der Waals surface area contributed by atoms with E-state index in [-0.39, 0.29) is 5.91 Å². The molecule has 2 aromatic rings. The number of likely N-dealkylation sites (tertiary alicyclic amines) is 1. The Morgan fingerprint density at radius 3 is 2.50 bits per heavy atom. The van der Waals surface area contributed by atoms with Crippen molar-refractivity contribution in [3.05, 3.63) is 42.2 Å². The molecule has 1 aromatic carbocycles. The number of piperidine rings is 1. The van der Waals surface area contributed by atoms with Gasteiger partial charge in [0.05, 0.1) is 7.11 Å². The summed E-state index contributed by atoms with van der Waals surface area (Å²) in [5.74, 6) is 1.87. The molecule has 2 aliphatic heterocycles. The number of carbonyl (C=O) groups is 1. The predicted molar refractivity (Wildman–Crippen MR) is 127 cm³/mol. The number of anilines is 1. The zero-order valence-corrected chi connectivity index (χ0v) is 19.6. The highest BCUT2D eigenvalue weighted by Gasteiger charge is 2.25. The van der Waals surface area contributed by atoms with E-state index in [2.05, 4.69) is 31.9 Å². The molecule has 4 rings (SSSR count). The van der Waals surface area contributed by atoms with Crippen molar-refractivity contribution < 1.29 is 9.53 Å². The van der Waals surface area contributed by atoms with Gasteiger partial charge in [0.25, 0.3) is 0 Å². The lowest BCUT2D eigenvalue weighted by molar-refractivity contribution is -0.132.